The fraction of sp³-hybridized carbons (Fsp3) is 0.107. The maximum Gasteiger partial charge on any atom is 0.251 e. The molecule has 0 saturated carbocycles. The zero-order valence-corrected chi connectivity index (χ0v) is 19.9. The Morgan fingerprint density at radius 2 is 1.66 bits per heavy atom. The summed E-state index contributed by atoms with van der Waals surface area (Å²) in [6, 6.07) is 21.8. The third-order valence-corrected chi connectivity index (χ3v) is 6.40. The molecule has 1 amide bonds. The summed E-state index contributed by atoms with van der Waals surface area (Å²) in [5.41, 5.74) is 5.06. The molecule has 0 aliphatic heterocycles. The zero-order chi connectivity index (χ0) is 24.7. The molecule has 6 nitrogen and oxygen atoms in total. The topological polar surface area (TPSA) is 89.0 Å². The number of nitrogens with one attached hydrogen (secondary N) is 1. The summed E-state index contributed by atoms with van der Waals surface area (Å²) in [6.45, 7) is 0.278. The van der Waals surface area contributed by atoms with E-state index in [0.29, 0.717) is 17.7 Å². The minimum absolute atomic E-state index is 0.244. The monoisotopic (exact) mass is 481 g/mol. The highest BCUT2D eigenvalue weighted by molar-refractivity contribution is 7.90. The van der Waals surface area contributed by atoms with Crippen molar-refractivity contribution in [2.24, 2.45) is 0 Å². The molecule has 0 aliphatic rings. The first-order chi connectivity index (χ1) is 16.9. The third kappa shape index (κ3) is 6.62. The van der Waals surface area contributed by atoms with Crippen LogP contribution in [-0.2, 0) is 22.8 Å². The van der Waals surface area contributed by atoms with E-state index in [4.69, 9.17) is 0 Å². The molecule has 0 spiro atoms. The molecule has 2 aromatic heterocycles. The van der Waals surface area contributed by atoms with Gasteiger partial charge in [-0.25, -0.2) is 13.4 Å². The van der Waals surface area contributed by atoms with Crippen molar-refractivity contribution in [1.82, 2.24) is 15.3 Å². The van der Waals surface area contributed by atoms with Gasteiger partial charge in [-0.3, -0.25) is 9.78 Å². The lowest BCUT2D eigenvalue weighted by atomic mass is 10.0. The van der Waals surface area contributed by atoms with Crippen LogP contribution in [0.3, 0.4) is 0 Å². The number of rotatable bonds is 6. The number of pyridine rings is 2. The smallest absolute Gasteiger partial charge is 0.251 e. The van der Waals surface area contributed by atoms with Crippen LogP contribution >= 0.6 is 0 Å². The predicted octanol–water partition coefficient (Wildman–Crippen LogP) is 4.07. The van der Waals surface area contributed by atoms with Gasteiger partial charge in [0.1, 0.15) is 5.69 Å². The van der Waals surface area contributed by atoms with Crippen LogP contribution in [0.1, 0.15) is 27.2 Å². The van der Waals surface area contributed by atoms with Gasteiger partial charge in [0.2, 0.25) is 0 Å². The van der Waals surface area contributed by atoms with Crippen LogP contribution in [-0.4, -0.2) is 30.5 Å². The van der Waals surface area contributed by atoms with E-state index in [1.54, 1.807) is 42.9 Å². The van der Waals surface area contributed by atoms with Gasteiger partial charge < -0.3 is 5.32 Å². The molecule has 2 aromatic carbocycles. The van der Waals surface area contributed by atoms with E-state index < -0.39 is 9.84 Å². The average Bonchev–Trinajstić information content (AvgIpc) is 2.88. The number of carbonyl (C=O) groups is 1. The minimum atomic E-state index is -3.25. The summed E-state index contributed by atoms with van der Waals surface area (Å²) < 4.78 is 23.1. The SMILES string of the molecule is CS(=O)(=O)c1ccc(CNC(=O)c2ccnc(C#CCc3cccc(-c4ccncc4)c3)c2)cc1. The average molecular weight is 482 g/mol. The van der Waals surface area contributed by atoms with Crippen molar-refractivity contribution >= 4 is 15.7 Å². The van der Waals surface area contributed by atoms with E-state index in [2.05, 4.69) is 39.3 Å². The van der Waals surface area contributed by atoms with Crippen LogP contribution in [0, 0.1) is 11.8 Å². The van der Waals surface area contributed by atoms with E-state index in [-0.39, 0.29) is 17.3 Å². The van der Waals surface area contributed by atoms with Crippen molar-refractivity contribution in [3.8, 4) is 23.0 Å². The number of sulfone groups is 1. The van der Waals surface area contributed by atoms with Crippen molar-refractivity contribution in [2.45, 2.75) is 17.9 Å². The maximum atomic E-state index is 12.6. The van der Waals surface area contributed by atoms with Crippen LogP contribution in [0.15, 0.2) is 96.3 Å². The van der Waals surface area contributed by atoms with Crippen LogP contribution < -0.4 is 5.32 Å². The molecule has 0 bridgehead atoms. The van der Waals surface area contributed by atoms with E-state index in [1.165, 1.54) is 12.1 Å². The van der Waals surface area contributed by atoms with Gasteiger partial charge in [0, 0.05) is 43.4 Å². The number of aromatic nitrogens is 2. The fourth-order valence-corrected chi connectivity index (χ4v) is 4.05. The van der Waals surface area contributed by atoms with Crippen molar-refractivity contribution in [3.63, 3.8) is 0 Å². The van der Waals surface area contributed by atoms with Gasteiger partial charge in [-0.05, 0) is 64.6 Å². The molecule has 7 heteroatoms. The molecule has 2 heterocycles. The van der Waals surface area contributed by atoms with E-state index in [1.807, 2.05) is 24.3 Å². The van der Waals surface area contributed by atoms with Gasteiger partial charge in [0.25, 0.3) is 5.91 Å². The Morgan fingerprint density at radius 1 is 0.886 bits per heavy atom. The second-order valence-corrected chi connectivity index (χ2v) is 9.96. The molecule has 0 unspecified atom stereocenters. The highest BCUT2D eigenvalue weighted by Crippen LogP contribution is 2.19. The highest BCUT2D eigenvalue weighted by Gasteiger charge is 2.08. The number of amides is 1. The third-order valence-electron chi connectivity index (χ3n) is 5.28. The van der Waals surface area contributed by atoms with Gasteiger partial charge in [0.15, 0.2) is 9.84 Å². The predicted molar refractivity (Wildman–Crippen MR) is 135 cm³/mol. The van der Waals surface area contributed by atoms with Crippen molar-refractivity contribution in [2.75, 3.05) is 6.26 Å². The fourth-order valence-electron chi connectivity index (χ4n) is 3.42. The van der Waals surface area contributed by atoms with Gasteiger partial charge in [-0.2, -0.15) is 0 Å². The Hall–Kier alpha value is -4.28. The first-order valence-corrected chi connectivity index (χ1v) is 12.8. The standard InChI is InChI=1S/C28H23N3O3S/c1-35(33,34)27-10-8-22(9-11-27)20-31-28(32)25-14-17-30-26(19-25)7-3-5-21-4-2-6-24(18-21)23-12-15-29-16-13-23/h2,4,6,8-19H,5,20H2,1H3,(H,31,32). The van der Waals surface area contributed by atoms with Gasteiger partial charge in [0.05, 0.1) is 4.90 Å². The molecule has 4 aromatic rings. The Morgan fingerprint density at radius 3 is 2.40 bits per heavy atom. The van der Waals surface area contributed by atoms with Gasteiger partial charge >= 0.3 is 0 Å². The lowest BCUT2D eigenvalue weighted by Crippen LogP contribution is -2.23. The van der Waals surface area contributed by atoms with Crippen LogP contribution in [0.4, 0.5) is 0 Å². The highest BCUT2D eigenvalue weighted by atomic mass is 32.2. The van der Waals surface area contributed by atoms with Gasteiger partial charge in [-0.1, -0.05) is 42.3 Å². The second kappa shape index (κ2) is 10.8. The molecular weight excluding hydrogens is 458 g/mol. The summed E-state index contributed by atoms with van der Waals surface area (Å²) in [4.78, 5) is 21.1. The first-order valence-electron chi connectivity index (χ1n) is 10.9. The van der Waals surface area contributed by atoms with Crippen molar-refractivity contribution in [3.05, 3.63) is 114 Å². The van der Waals surface area contributed by atoms with Crippen molar-refractivity contribution in [1.29, 1.82) is 0 Å². The number of hydrogen-bond acceptors (Lipinski definition) is 5. The zero-order valence-electron chi connectivity index (χ0n) is 19.1. The number of carbonyl (C=O) groups excluding carboxylic acids is 1. The number of benzene rings is 2. The molecule has 0 atom stereocenters. The molecule has 0 fully saturated rings. The second-order valence-electron chi connectivity index (χ2n) is 7.94. The molecule has 174 valence electrons. The van der Waals surface area contributed by atoms with E-state index in [9.17, 15) is 13.2 Å². The Kier molecular flexibility index (Phi) is 7.34. The van der Waals surface area contributed by atoms with Crippen molar-refractivity contribution < 1.29 is 13.2 Å². The Labute approximate surface area is 205 Å². The summed E-state index contributed by atoms with van der Waals surface area (Å²) in [5, 5.41) is 2.84. The Balaban J connectivity index is 1.38. The van der Waals surface area contributed by atoms with E-state index >= 15 is 0 Å². The lowest BCUT2D eigenvalue weighted by molar-refractivity contribution is 0.0950. The minimum Gasteiger partial charge on any atom is -0.348 e. The number of nitrogens with zero attached hydrogens (tertiary/aromatic N) is 2. The quantitative estimate of drug-likeness (QED) is 0.420. The molecule has 0 aliphatic carbocycles. The normalized spacial score (nSPS) is 10.8. The van der Waals surface area contributed by atoms with Crippen LogP contribution in [0.2, 0.25) is 0 Å². The summed E-state index contributed by atoms with van der Waals surface area (Å²) >= 11 is 0. The maximum absolute atomic E-state index is 12.6. The van der Waals surface area contributed by atoms with Crippen LogP contribution in [0.25, 0.3) is 11.1 Å². The molecule has 4 rings (SSSR count). The molecule has 35 heavy (non-hydrogen) atoms. The summed E-state index contributed by atoms with van der Waals surface area (Å²) in [7, 11) is -3.25. The lowest BCUT2D eigenvalue weighted by Gasteiger charge is -2.06. The van der Waals surface area contributed by atoms with E-state index in [0.717, 1.165) is 28.5 Å². The first kappa shape index (κ1) is 23.9. The number of hydrogen-bond donors (Lipinski definition) is 1. The summed E-state index contributed by atoms with van der Waals surface area (Å²) in [6.07, 6.45) is 6.81. The largest absolute Gasteiger partial charge is 0.348 e. The molecule has 0 saturated heterocycles. The summed E-state index contributed by atoms with van der Waals surface area (Å²) in [5.74, 6) is 5.91. The Bertz CT molecular complexity index is 1500. The molecular formula is C28H23N3O3S. The molecule has 0 radical (unpaired) electrons. The van der Waals surface area contributed by atoms with Gasteiger partial charge in [-0.15, -0.1) is 0 Å². The van der Waals surface area contributed by atoms with Crippen LogP contribution in [0.5, 0.6) is 0 Å². The molecule has 1 N–H and O–H groups in total.